The summed E-state index contributed by atoms with van der Waals surface area (Å²) in [5, 5.41) is 31.0. The van der Waals surface area contributed by atoms with Gasteiger partial charge in [-0.1, -0.05) is 63.8 Å². The Hall–Kier alpha value is -1.38. The highest BCUT2D eigenvalue weighted by atomic mass is 16.5. The molecule has 0 aromatic carbocycles. The number of rotatable bonds is 8. The van der Waals surface area contributed by atoms with Crippen LogP contribution in [0.1, 0.15) is 98.8 Å². The van der Waals surface area contributed by atoms with E-state index in [4.69, 9.17) is 4.74 Å². The van der Waals surface area contributed by atoms with Crippen LogP contribution >= 0.6 is 0 Å². The number of hydrogen-bond donors (Lipinski definition) is 3. The summed E-state index contributed by atoms with van der Waals surface area (Å²) >= 11 is 0. The third-order valence-electron chi connectivity index (χ3n) is 9.74. The van der Waals surface area contributed by atoms with Crippen molar-refractivity contribution >= 4 is 0 Å². The summed E-state index contributed by atoms with van der Waals surface area (Å²) in [6.07, 6.45) is 11.9. The van der Waals surface area contributed by atoms with Crippen LogP contribution in [0.3, 0.4) is 0 Å². The molecule has 36 heavy (non-hydrogen) atoms. The summed E-state index contributed by atoms with van der Waals surface area (Å²) in [5.74, 6) is 8.10. The Morgan fingerprint density at radius 1 is 1.19 bits per heavy atom. The van der Waals surface area contributed by atoms with Crippen LogP contribution < -0.4 is 0 Å². The van der Waals surface area contributed by atoms with E-state index < -0.39 is 17.8 Å². The molecule has 0 unspecified atom stereocenters. The standard InChI is InChI=1S/C32H50O4/c1-7-32(35,8-2)19-11-13-30(36-9-3)23(5)27-16-17-28-24(12-10-18-31(27,28)6)14-15-25-20-26(33)21-29(34)22(25)4/h14-15,23,26-30,33-35H,4,7-10,12,16-21H2,1-3,5-6H3/b24-14+,25-15+/t23-,26-,27-,28+,29+,30-,31-/m1/s1. The number of fused-ring (bicyclic) bond motifs is 1. The van der Waals surface area contributed by atoms with Crippen LogP contribution in [0.4, 0.5) is 0 Å². The maximum atomic E-state index is 10.6. The molecule has 0 saturated heterocycles. The minimum atomic E-state index is -0.704. The molecule has 3 N–H and O–H groups in total. The summed E-state index contributed by atoms with van der Waals surface area (Å²) in [5.41, 5.74) is 2.75. The maximum Gasteiger partial charge on any atom is 0.121 e. The van der Waals surface area contributed by atoms with Crippen LogP contribution in [0.5, 0.6) is 0 Å². The summed E-state index contributed by atoms with van der Waals surface area (Å²) < 4.78 is 6.17. The summed E-state index contributed by atoms with van der Waals surface area (Å²) in [6, 6.07) is 0. The normalized spacial score (nSPS) is 34.8. The zero-order valence-corrected chi connectivity index (χ0v) is 23.4. The van der Waals surface area contributed by atoms with Gasteiger partial charge in [-0.15, -0.1) is 0 Å². The van der Waals surface area contributed by atoms with Crippen molar-refractivity contribution in [1.82, 2.24) is 0 Å². The first-order valence-electron chi connectivity index (χ1n) is 14.4. The Kier molecular flexibility index (Phi) is 10.1. The number of allylic oxidation sites excluding steroid dienone is 3. The fourth-order valence-corrected chi connectivity index (χ4v) is 7.14. The van der Waals surface area contributed by atoms with Gasteiger partial charge in [0, 0.05) is 19.4 Å². The fourth-order valence-electron chi connectivity index (χ4n) is 7.14. The number of aliphatic hydroxyl groups is 3. The molecular weight excluding hydrogens is 448 g/mol. The van der Waals surface area contributed by atoms with E-state index in [1.165, 1.54) is 31.3 Å². The van der Waals surface area contributed by atoms with E-state index in [9.17, 15) is 15.3 Å². The van der Waals surface area contributed by atoms with Crippen LogP contribution in [-0.2, 0) is 4.74 Å². The van der Waals surface area contributed by atoms with Gasteiger partial charge in [-0.25, -0.2) is 0 Å². The van der Waals surface area contributed by atoms with Crippen molar-refractivity contribution in [2.75, 3.05) is 6.61 Å². The van der Waals surface area contributed by atoms with Crippen molar-refractivity contribution in [3.8, 4) is 11.8 Å². The molecule has 202 valence electrons. The van der Waals surface area contributed by atoms with Crippen molar-refractivity contribution in [2.24, 2.45) is 23.2 Å². The highest BCUT2D eigenvalue weighted by molar-refractivity contribution is 5.38. The molecular formula is C32H50O4. The zero-order valence-electron chi connectivity index (χ0n) is 23.4. The molecule has 0 amide bonds. The Bertz CT molecular complexity index is 886. The van der Waals surface area contributed by atoms with Crippen LogP contribution in [0.15, 0.2) is 35.5 Å². The van der Waals surface area contributed by atoms with Crippen LogP contribution in [0.25, 0.3) is 0 Å². The average molecular weight is 499 g/mol. The van der Waals surface area contributed by atoms with E-state index in [1.54, 1.807) is 0 Å². The first-order valence-corrected chi connectivity index (χ1v) is 14.4. The molecule has 7 atom stereocenters. The minimum absolute atomic E-state index is 0.112. The van der Waals surface area contributed by atoms with Crippen LogP contribution in [-0.4, -0.2) is 45.8 Å². The molecule has 0 bridgehead atoms. The van der Waals surface area contributed by atoms with Crippen molar-refractivity contribution < 1.29 is 20.1 Å². The van der Waals surface area contributed by atoms with Crippen LogP contribution in [0, 0.1) is 35.0 Å². The SMILES string of the molecule is C=C1/C(=C/C=C2\CCC[C@]3(C)[C@@H]([C@@H](C)[C@@H](C#CCC(O)(CC)CC)OCC)CC[C@@H]23)C[C@@H](O)C[C@@H]1O. The molecule has 0 spiro atoms. The maximum absolute atomic E-state index is 10.6. The lowest BCUT2D eigenvalue weighted by Gasteiger charge is -2.45. The Labute approximate surface area is 219 Å². The Morgan fingerprint density at radius 2 is 1.92 bits per heavy atom. The van der Waals surface area contributed by atoms with Gasteiger partial charge in [0.1, 0.15) is 6.10 Å². The molecule has 4 nitrogen and oxygen atoms in total. The van der Waals surface area contributed by atoms with E-state index in [1.807, 2.05) is 20.8 Å². The quantitative estimate of drug-likeness (QED) is 0.353. The molecule has 0 radical (unpaired) electrons. The van der Waals surface area contributed by atoms with Gasteiger partial charge in [-0.3, -0.25) is 0 Å². The smallest absolute Gasteiger partial charge is 0.121 e. The molecule has 3 rings (SSSR count). The van der Waals surface area contributed by atoms with E-state index in [0.717, 1.165) is 17.6 Å². The molecule has 4 heteroatoms. The van der Waals surface area contributed by atoms with Gasteiger partial charge in [0.15, 0.2) is 0 Å². The fraction of sp³-hybridized carbons (Fsp3) is 0.750. The van der Waals surface area contributed by atoms with Crippen molar-refractivity contribution in [3.05, 3.63) is 35.5 Å². The van der Waals surface area contributed by atoms with Crippen molar-refractivity contribution in [3.63, 3.8) is 0 Å². The average Bonchev–Trinajstić information content (AvgIpc) is 3.21. The van der Waals surface area contributed by atoms with Gasteiger partial charge in [-0.2, -0.15) is 0 Å². The molecule has 0 aliphatic heterocycles. The Morgan fingerprint density at radius 3 is 2.58 bits per heavy atom. The lowest BCUT2D eigenvalue weighted by molar-refractivity contribution is 0.00484. The van der Waals surface area contributed by atoms with Gasteiger partial charge in [0.2, 0.25) is 0 Å². The van der Waals surface area contributed by atoms with Crippen molar-refractivity contribution in [1.29, 1.82) is 0 Å². The van der Waals surface area contributed by atoms with Crippen molar-refractivity contribution in [2.45, 2.75) is 123 Å². The lowest BCUT2D eigenvalue weighted by Crippen LogP contribution is -2.39. The van der Waals surface area contributed by atoms with Gasteiger partial charge in [0.25, 0.3) is 0 Å². The minimum Gasteiger partial charge on any atom is -0.393 e. The number of hydrogen-bond acceptors (Lipinski definition) is 4. The molecule has 3 fully saturated rings. The van der Waals surface area contributed by atoms with E-state index >= 15 is 0 Å². The topological polar surface area (TPSA) is 69.9 Å². The molecule has 0 heterocycles. The number of ether oxygens (including phenoxy) is 1. The predicted octanol–water partition coefficient (Wildman–Crippen LogP) is 6.11. The predicted molar refractivity (Wildman–Crippen MR) is 147 cm³/mol. The lowest BCUT2D eigenvalue weighted by atomic mass is 9.60. The highest BCUT2D eigenvalue weighted by Crippen LogP contribution is 2.60. The number of aliphatic hydroxyl groups excluding tert-OH is 2. The summed E-state index contributed by atoms with van der Waals surface area (Å²) in [6.45, 7) is 15.6. The second-order valence-electron chi connectivity index (χ2n) is 11.8. The van der Waals surface area contributed by atoms with Gasteiger partial charge in [0.05, 0.1) is 17.8 Å². The monoisotopic (exact) mass is 498 g/mol. The molecule has 3 aliphatic carbocycles. The largest absolute Gasteiger partial charge is 0.393 e. The zero-order chi connectivity index (χ0) is 26.5. The van der Waals surface area contributed by atoms with E-state index in [2.05, 4.69) is 44.4 Å². The summed E-state index contributed by atoms with van der Waals surface area (Å²) in [4.78, 5) is 0. The van der Waals surface area contributed by atoms with Crippen LogP contribution in [0.2, 0.25) is 0 Å². The second kappa shape index (κ2) is 12.4. The van der Waals surface area contributed by atoms with Gasteiger partial charge >= 0.3 is 0 Å². The molecule has 0 aromatic rings. The van der Waals surface area contributed by atoms with Gasteiger partial charge < -0.3 is 20.1 Å². The molecule has 3 saturated carbocycles. The van der Waals surface area contributed by atoms with E-state index in [-0.39, 0.29) is 11.5 Å². The van der Waals surface area contributed by atoms with E-state index in [0.29, 0.717) is 56.5 Å². The van der Waals surface area contributed by atoms with Gasteiger partial charge in [-0.05, 0) is 92.6 Å². The third kappa shape index (κ3) is 6.36. The first kappa shape index (κ1) is 29.2. The third-order valence-corrected chi connectivity index (χ3v) is 9.74. The Balaban J connectivity index is 1.78. The summed E-state index contributed by atoms with van der Waals surface area (Å²) in [7, 11) is 0. The first-order chi connectivity index (χ1) is 17.1. The molecule has 0 aromatic heterocycles. The second-order valence-corrected chi connectivity index (χ2v) is 11.8. The highest BCUT2D eigenvalue weighted by Gasteiger charge is 2.51. The molecule has 3 aliphatic rings.